The quantitative estimate of drug-likeness (QED) is 0.772. The number of hydrogen-bond acceptors (Lipinski definition) is 5. The smallest absolute Gasteiger partial charge is 0.287 e. The first-order valence-corrected chi connectivity index (χ1v) is 7.72. The van der Waals surface area contributed by atoms with Crippen LogP contribution >= 0.6 is 0 Å². The van der Waals surface area contributed by atoms with Crippen molar-refractivity contribution in [3.63, 3.8) is 0 Å². The molecule has 0 saturated carbocycles. The Morgan fingerprint density at radius 1 is 1.25 bits per heavy atom. The maximum Gasteiger partial charge on any atom is 0.287 e. The van der Waals surface area contributed by atoms with Crippen LogP contribution in [0.2, 0.25) is 0 Å². The van der Waals surface area contributed by atoms with Crippen LogP contribution in [-0.2, 0) is 6.54 Å². The topological polar surface area (TPSA) is 90.0 Å². The summed E-state index contributed by atoms with van der Waals surface area (Å²) in [4.78, 5) is 26.1. The first-order valence-electron chi connectivity index (χ1n) is 7.72. The van der Waals surface area contributed by atoms with Gasteiger partial charge in [0.25, 0.3) is 5.91 Å². The molecule has 0 aliphatic heterocycles. The zero-order chi connectivity index (χ0) is 17.1. The van der Waals surface area contributed by atoms with Gasteiger partial charge >= 0.3 is 0 Å². The van der Waals surface area contributed by atoms with Gasteiger partial charge < -0.3 is 9.73 Å². The summed E-state index contributed by atoms with van der Waals surface area (Å²) in [6.45, 7) is 4.42. The van der Waals surface area contributed by atoms with E-state index in [1.165, 1.54) is 10.9 Å². The molecule has 0 aliphatic carbocycles. The molecule has 124 valence electrons. The molecule has 0 aliphatic rings. The average molecular weight is 326 g/mol. The molecule has 0 saturated heterocycles. The molecular formula is C17H18N4O3. The van der Waals surface area contributed by atoms with Gasteiger partial charge in [0.05, 0.1) is 30.4 Å². The third kappa shape index (κ3) is 3.34. The Hall–Kier alpha value is -2.96. The van der Waals surface area contributed by atoms with Crippen LogP contribution in [0.25, 0.3) is 11.0 Å². The number of benzene rings is 1. The molecule has 3 aromatic rings. The lowest BCUT2D eigenvalue weighted by Crippen LogP contribution is -2.42. The van der Waals surface area contributed by atoms with E-state index in [0.717, 1.165) is 0 Å². The van der Waals surface area contributed by atoms with E-state index in [9.17, 15) is 9.59 Å². The lowest BCUT2D eigenvalue weighted by molar-refractivity contribution is 0.0890. The van der Waals surface area contributed by atoms with Gasteiger partial charge in [-0.2, -0.15) is 15.0 Å². The SMILES string of the molecule is CC(C)C(Cn1nccn1)NC(=O)c1cc(=O)c2ccccc2o1. The fraction of sp³-hybridized carbons (Fsp3) is 0.294. The molecule has 24 heavy (non-hydrogen) atoms. The van der Waals surface area contributed by atoms with E-state index in [2.05, 4.69) is 15.5 Å². The van der Waals surface area contributed by atoms with Crippen molar-refractivity contribution in [1.82, 2.24) is 20.3 Å². The predicted molar refractivity (Wildman–Crippen MR) is 88.6 cm³/mol. The Morgan fingerprint density at radius 2 is 1.96 bits per heavy atom. The molecule has 0 bridgehead atoms. The van der Waals surface area contributed by atoms with E-state index < -0.39 is 5.91 Å². The second-order valence-electron chi connectivity index (χ2n) is 5.88. The van der Waals surface area contributed by atoms with Gasteiger partial charge in [-0.25, -0.2) is 0 Å². The second kappa shape index (κ2) is 6.66. The van der Waals surface area contributed by atoms with Gasteiger partial charge in [-0.1, -0.05) is 26.0 Å². The second-order valence-corrected chi connectivity index (χ2v) is 5.88. The summed E-state index contributed by atoms with van der Waals surface area (Å²) in [5, 5.41) is 11.5. The highest BCUT2D eigenvalue weighted by Crippen LogP contribution is 2.12. The number of nitrogens with one attached hydrogen (secondary N) is 1. The normalized spacial score (nSPS) is 12.5. The molecule has 1 N–H and O–H groups in total. The number of para-hydroxylation sites is 1. The van der Waals surface area contributed by atoms with Crippen molar-refractivity contribution in [3.05, 3.63) is 58.7 Å². The van der Waals surface area contributed by atoms with E-state index in [1.54, 1.807) is 36.7 Å². The van der Waals surface area contributed by atoms with Crippen LogP contribution in [0.1, 0.15) is 24.4 Å². The Kier molecular flexibility index (Phi) is 4.41. The molecule has 1 atom stereocenters. The maximum absolute atomic E-state index is 12.5. The van der Waals surface area contributed by atoms with E-state index in [4.69, 9.17) is 4.42 Å². The molecule has 0 spiro atoms. The molecule has 1 aromatic carbocycles. The molecule has 2 aromatic heterocycles. The van der Waals surface area contributed by atoms with Gasteiger partial charge in [0.1, 0.15) is 5.58 Å². The monoisotopic (exact) mass is 326 g/mol. The number of fused-ring (bicyclic) bond motifs is 1. The number of aromatic nitrogens is 3. The summed E-state index contributed by atoms with van der Waals surface area (Å²) < 4.78 is 5.57. The minimum absolute atomic E-state index is 0.00206. The molecule has 1 amide bonds. The van der Waals surface area contributed by atoms with Crippen molar-refractivity contribution in [2.75, 3.05) is 0 Å². The van der Waals surface area contributed by atoms with Gasteiger partial charge in [-0.05, 0) is 18.1 Å². The first kappa shape index (κ1) is 15.9. The molecule has 7 nitrogen and oxygen atoms in total. The minimum atomic E-state index is -0.427. The Labute approximate surface area is 138 Å². The number of amides is 1. The van der Waals surface area contributed by atoms with E-state index in [0.29, 0.717) is 17.5 Å². The van der Waals surface area contributed by atoms with Crippen molar-refractivity contribution < 1.29 is 9.21 Å². The van der Waals surface area contributed by atoms with Crippen molar-refractivity contribution in [3.8, 4) is 0 Å². The maximum atomic E-state index is 12.5. The van der Waals surface area contributed by atoms with Crippen LogP contribution in [0.5, 0.6) is 0 Å². The zero-order valence-corrected chi connectivity index (χ0v) is 13.5. The standard InChI is InChI=1S/C17H18N4O3/c1-11(2)13(10-21-18-7-8-19-21)20-17(23)16-9-14(22)12-5-3-4-6-15(12)24-16/h3-9,11,13H,10H2,1-2H3,(H,20,23). The predicted octanol–water partition coefficient (Wildman–Crippen LogP) is 1.84. The van der Waals surface area contributed by atoms with Gasteiger partial charge in [-0.3, -0.25) is 9.59 Å². The molecule has 2 heterocycles. The number of nitrogens with zero attached hydrogens (tertiary/aromatic N) is 3. The van der Waals surface area contributed by atoms with Crippen LogP contribution in [0, 0.1) is 5.92 Å². The summed E-state index contributed by atoms with van der Waals surface area (Å²) in [7, 11) is 0. The lowest BCUT2D eigenvalue weighted by atomic mass is 10.0. The number of carbonyl (C=O) groups is 1. The zero-order valence-electron chi connectivity index (χ0n) is 13.5. The van der Waals surface area contributed by atoms with E-state index in [-0.39, 0.29) is 23.1 Å². The average Bonchev–Trinajstić information content (AvgIpc) is 3.07. The third-order valence-electron chi connectivity index (χ3n) is 3.81. The fourth-order valence-electron chi connectivity index (χ4n) is 2.39. The molecule has 0 fully saturated rings. The van der Waals surface area contributed by atoms with Crippen molar-refractivity contribution in [2.45, 2.75) is 26.4 Å². The highest BCUT2D eigenvalue weighted by Gasteiger charge is 2.20. The van der Waals surface area contributed by atoms with Gasteiger partial charge in [0.2, 0.25) is 0 Å². The Balaban J connectivity index is 1.83. The number of hydrogen-bond donors (Lipinski definition) is 1. The van der Waals surface area contributed by atoms with Gasteiger partial charge in [0, 0.05) is 6.07 Å². The lowest BCUT2D eigenvalue weighted by Gasteiger charge is -2.21. The van der Waals surface area contributed by atoms with Crippen LogP contribution in [-0.4, -0.2) is 26.9 Å². The van der Waals surface area contributed by atoms with Crippen molar-refractivity contribution >= 4 is 16.9 Å². The van der Waals surface area contributed by atoms with Crippen LogP contribution in [0.3, 0.4) is 0 Å². The van der Waals surface area contributed by atoms with Crippen LogP contribution < -0.4 is 10.7 Å². The Bertz CT molecular complexity index is 900. The molecular weight excluding hydrogens is 308 g/mol. The highest BCUT2D eigenvalue weighted by molar-refractivity contribution is 5.93. The van der Waals surface area contributed by atoms with E-state index in [1.807, 2.05) is 13.8 Å². The van der Waals surface area contributed by atoms with Crippen LogP contribution in [0.15, 0.2) is 51.9 Å². The molecule has 3 rings (SSSR count). The highest BCUT2D eigenvalue weighted by atomic mass is 16.3. The molecule has 0 radical (unpaired) electrons. The summed E-state index contributed by atoms with van der Waals surface area (Å²) in [5.41, 5.74) is 0.154. The van der Waals surface area contributed by atoms with Crippen molar-refractivity contribution in [1.29, 1.82) is 0 Å². The van der Waals surface area contributed by atoms with Gasteiger partial charge in [-0.15, -0.1) is 0 Å². The number of carbonyl (C=O) groups excluding carboxylic acids is 1. The summed E-state index contributed by atoms with van der Waals surface area (Å²) in [5.74, 6) is -0.270. The number of rotatable bonds is 5. The fourth-order valence-corrected chi connectivity index (χ4v) is 2.39. The largest absolute Gasteiger partial charge is 0.451 e. The Morgan fingerprint density at radius 3 is 2.67 bits per heavy atom. The van der Waals surface area contributed by atoms with E-state index >= 15 is 0 Å². The summed E-state index contributed by atoms with van der Waals surface area (Å²) in [6.07, 6.45) is 3.17. The van der Waals surface area contributed by atoms with Crippen LogP contribution in [0.4, 0.5) is 0 Å². The summed E-state index contributed by atoms with van der Waals surface area (Å²) in [6, 6.07) is 7.88. The molecule has 1 unspecified atom stereocenters. The van der Waals surface area contributed by atoms with Gasteiger partial charge in [0.15, 0.2) is 11.2 Å². The minimum Gasteiger partial charge on any atom is -0.451 e. The summed E-state index contributed by atoms with van der Waals surface area (Å²) >= 11 is 0. The molecule has 7 heteroatoms. The third-order valence-corrected chi connectivity index (χ3v) is 3.81. The van der Waals surface area contributed by atoms with Crippen molar-refractivity contribution in [2.24, 2.45) is 5.92 Å². The first-order chi connectivity index (χ1) is 11.5.